The minimum atomic E-state index is -0.803. The van der Waals surface area contributed by atoms with Crippen molar-refractivity contribution in [3.05, 3.63) is 63.0 Å². The first-order valence-electron chi connectivity index (χ1n) is 11.5. The van der Waals surface area contributed by atoms with E-state index in [2.05, 4.69) is 33.6 Å². The van der Waals surface area contributed by atoms with Crippen molar-refractivity contribution in [3.8, 4) is 11.8 Å². The summed E-state index contributed by atoms with van der Waals surface area (Å²) in [5.41, 5.74) is 5.88. The number of anilines is 1. The molecule has 1 aromatic carbocycles. The molecule has 1 aliphatic carbocycles. The first-order chi connectivity index (χ1) is 17.4. The zero-order valence-corrected chi connectivity index (χ0v) is 19.8. The molecule has 36 heavy (non-hydrogen) atoms. The van der Waals surface area contributed by atoms with Gasteiger partial charge in [0, 0.05) is 25.2 Å². The number of hydrogen-bond donors (Lipinski definition) is 2. The number of likely N-dealkylation sites (tertiary alicyclic amines) is 1. The fourth-order valence-corrected chi connectivity index (χ4v) is 5.84. The quantitative estimate of drug-likeness (QED) is 0.327. The Labute approximate surface area is 207 Å². The van der Waals surface area contributed by atoms with Crippen LogP contribution in [0.1, 0.15) is 47.4 Å². The molecule has 1 amide bonds. The van der Waals surface area contributed by atoms with E-state index in [9.17, 15) is 14.0 Å². The number of thiazole rings is 1. The van der Waals surface area contributed by atoms with Crippen LogP contribution < -0.4 is 11.3 Å². The Morgan fingerprint density at radius 2 is 2.11 bits per heavy atom. The van der Waals surface area contributed by atoms with Gasteiger partial charge in [0.05, 0.1) is 32.3 Å². The van der Waals surface area contributed by atoms with Crippen molar-refractivity contribution in [1.82, 2.24) is 24.6 Å². The van der Waals surface area contributed by atoms with Gasteiger partial charge in [0.25, 0.3) is 5.56 Å². The third-order valence-corrected chi connectivity index (χ3v) is 7.83. The van der Waals surface area contributed by atoms with Gasteiger partial charge in [-0.25, -0.2) is 18.9 Å². The predicted octanol–water partition coefficient (Wildman–Crippen LogP) is 3.43. The Bertz CT molecular complexity index is 1700. The molecular formula is C25H20F2N6O2S. The molecule has 11 heteroatoms. The van der Waals surface area contributed by atoms with Gasteiger partial charge in [-0.15, -0.1) is 11.3 Å². The van der Waals surface area contributed by atoms with Gasteiger partial charge in [0.15, 0.2) is 11.6 Å². The SMILES string of the molecule is C=CC(=O)N1CC[C@H](n2cc(C#Cc3c(F)cc4sc(C5CC5)nc4c3F)c3c(N)n[nH]c(=O)c32)C1. The molecule has 4 heterocycles. The van der Waals surface area contributed by atoms with Gasteiger partial charge >= 0.3 is 0 Å². The maximum absolute atomic E-state index is 15.2. The van der Waals surface area contributed by atoms with Gasteiger partial charge in [-0.1, -0.05) is 18.4 Å². The summed E-state index contributed by atoms with van der Waals surface area (Å²) in [5.74, 6) is 3.99. The largest absolute Gasteiger partial charge is 0.382 e. The molecule has 0 spiro atoms. The highest BCUT2D eigenvalue weighted by Crippen LogP contribution is 2.44. The number of nitrogens with zero attached hydrogens (tertiary/aromatic N) is 4. The van der Waals surface area contributed by atoms with Gasteiger partial charge in [0.2, 0.25) is 5.91 Å². The number of amides is 1. The number of halogens is 2. The second kappa shape index (κ2) is 8.27. The number of nitrogens with two attached hydrogens (primary N) is 1. The van der Waals surface area contributed by atoms with Crippen LogP contribution in [0.4, 0.5) is 14.6 Å². The highest BCUT2D eigenvalue weighted by atomic mass is 32.1. The maximum atomic E-state index is 15.2. The molecular weight excluding hydrogens is 486 g/mol. The van der Waals surface area contributed by atoms with E-state index in [0.717, 1.165) is 17.8 Å². The van der Waals surface area contributed by atoms with Gasteiger partial charge in [0.1, 0.15) is 16.9 Å². The first kappa shape index (κ1) is 22.4. The molecule has 0 radical (unpaired) electrons. The lowest BCUT2D eigenvalue weighted by Gasteiger charge is -2.16. The van der Waals surface area contributed by atoms with Crippen LogP contribution in [0, 0.1) is 23.5 Å². The summed E-state index contributed by atoms with van der Waals surface area (Å²) in [4.78, 5) is 30.8. The third-order valence-electron chi connectivity index (χ3n) is 6.67. The minimum Gasteiger partial charge on any atom is -0.382 e. The van der Waals surface area contributed by atoms with Gasteiger partial charge < -0.3 is 15.2 Å². The van der Waals surface area contributed by atoms with E-state index in [-0.39, 0.29) is 28.8 Å². The van der Waals surface area contributed by atoms with Crippen molar-refractivity contribution in [2.45, 2.75) is 31.2 Å². The number of rotatable bonds is 3. The number of nitrogens with one attached hydrogen (secondary N) is 1. The van der Waals surface area contributed by atoms with E-state index in [1.54, 1.807) is 15.7 Å². The first-order valence-corrected chi connectivity index (χ1v) is 12.3. The van der Waals surface area contributed by atoms with Gasteiger partial charge in [-0.05, 0) is 31.4 Å². The monoisotopic (exact) mass is 506 g/mol. The summed E-state index contributed by atoms with van der Waals surface area (Å²) in [5, 5.41) is 7.33. The molecule has 0 bridgehead atoms. The summed E-state index contributed by atoms with van der Waals surface area (Å²) in [7, 11) is 0. The lowest BCUT2D eigenvalue weighted by molar-refractivity contribution is -0.125. The Morgan fingerprint density at radius 1 is 1.31 bits per heavy atom. The Morgan fingerprint density at radius 3 is 2.86 bits per heavy atom. The number of aromatic nitrogens is 4. The highest BCUT2D eigenvalue weighted by molar-refractivity contribution is 7.18. The van der Waals surface area contributed by atoms with Crippen molar-refractivity contribution < 1.29 is 13.6 Å². The molecule has 0 unspecified atom stereocenters. The van der Waals surface area contributed by atoms with Gasteiger partial charge in [-0.3, -0.25) is 9.59 Å². The topological polar surface area (TPSA) is 110 Å². The lowest BCUT2D eigenvalue weighted by Crippen LogP contribution is -2.27. The van der Waals surface area contributed by atoms with Gasteiger partial charge in [-0.2, -0.15) is 5.10 Å². The Kier molecular flexibility index (Phi) is 5.15. The summed E-state index contributed by atoms with van der Waals surface area (Å²) in [6.45, 7) is 4.39. The van der Waals surface area contributed by atoms with Crippen molar-refractivity contribution in [3.63, 3.8) is 0 Å². The average Bonchev–Trinajstić information content (AvgIpc) is 3.27. The summed E-state index contributed by atoms with van der Waals surface area (Å²) in [6.07, 6.45) is 5.49. The predicted molar refractivity (Wildman–Crippen MR) is 133 cm³/mol. The number of hydrogen-bond acceptors (Lipinski definition) is 6. The molecule has 1 aliphatic heterocycles. The summed E-state index contributed by atoms with van der Waals surface area (Å²) >= 11 is 1.31. The second-order valence-corrected chi connectivity index (χ2v) is 10.1. The number of H-pyrrole nitrogens is 1. The number of carbonyl (C=O) groups excluding carboxylic acids is 1. The van der Waals surface area contributed by atoms with Crippen LogP contribution in [0.5, 0.6) is 0 Å². The average molecular weight is 507 g/mol. The molecule has 2 aliphatic rings. The van der Waals surface area contributed by atoms with Crippen LogP contribution in [0.3, 0.4) is 0 Å². The van der Waals surface area contributed by atoms with E-state index < -0.39 is 22.8 Å². The van der Waals surface area contributed by atoms with Crippen LogP contribution >= 0.6 is 11.3 Å². The van der Waals surface area contributed by atoms with E-state index in [0.29, 0.717) is 41.1 Å². The highest BCUT2D eigenvalue weighted by Gasteiger charge is 2.30. The molecule has 1 saturated heterocycles. The van der Waals surface area contributed by atoms with E-state index in [1.165, 1.54) is 23.5 Å². The normalized spacial score (nSPS) is 17.5. The standard InChI is InChI=1S/C25H20F2N6O2S/c1-2-18(34)32-8-7-14(11-32)33-10-13(19-22(33)24(35)31-30-23(19)28)5-6-15-16(26)9-17-21(20(15)27)29-25(36-17)12-3-4-12/h2,9-10,12,14H,1,3-4,7-8,11H2,(H2,28,30)(H,31,35)/t14-/m0/s1. The molecule has 8 nitrogen and oxygen atoms in total. The molecule has 182 valence electrons. The zero-order chi connectivity index (χ0) is 25.1. The summed E-state index contributed by atoms with van der Waals surface area (Å²) < 4.78 is 32.3. The smallest absolute Gasteiger partial charge is 0.288 e. The Hall–Kier alpha value is -4.04. The number of carbonyl (C=O) groups is 1. The molecule has 2 fully saturated rings. The van der Waals surface area contributed by atoms with Crippen LogP contribution in [0.2, 0.25) is 0 Å². The number of aromatic amines is 1. The second-order valence-electron chi connectivity index (χ2n) is 9.01. The molecule has 3 aromatic heterocycles. The van der Waals surface area contributed by atoms with Crippen molar-refractivity contribution in [2.75, 3.05) is 18.8 Å². The fraction of sp³-hybridized carbons (Fsp3) is 0.280. The van der Waals surface area contributed by atoms with Crippen LogP contribution in [0.15, 0.2) is 29.7 Å². The number of fused-ring (bicyclic) bond motifs is 2. The van der Waals surface area contributed by atoms with Crippen molar-refractivity contribution in [1.29, 1.82) is 0 Å². The van der Waals surface area contributed by atoms with E-state index in [1.807, 2.05) is 0 Å². The lowest BCUT2D eigenvalue weighted by atomic mass is 10.1. The van der Waals surface area contributed by atoms with E-state index >= 15 is 4.39 Å². The fourth-order valence-electron chi connectivity index (χ4n) is 4.68. The van der Waals surface area contributed by atoms with E-state index in [4.69, 9.17) is 5.73 Å². The molecule has 6 rings (SSSR count). The maximum Gasteiger partial charge on any atom is 0.288 e. The van der Waals surface area contributed by atoms with Crippen molar-refractivity contribution in [2.24, 2.45) is 0 Å². The molecule has 3 N–H and O–H groups in total. The molecule has 1 atom stereocenters. The molecule has 4 aromatic rings. The number of nitrogen functional groups attached to an aromatic ring is 1. The van der Waals surface area contributed by atoms with Crippen LogP contribution in [-0.4, -0.2) is 43.6 Å². The van der Waals surface area contributed by atoms with Crippen LogP contribution in [0.25, 0.3) is 21.1 Å². The molecule has 1 saturated carbocycles. The van der Waals surface area contributed by atoms with Crippen LogP contribution in [-0.2, 0) is 4.79 Å². The van der Waals surface area contributed by atoms with Crippen molar-refractivity contribution >= 4 is 44.2 Å². The summed E-state index contributed by atoms with van der Waals surface area (Å²) in [6, 6.07) is 1.05. The minimum absolute atomic E-state index is 0.0367. The third kappa shape index (κ3) is 3.56. The number of benzene rings is 1. The Balaban J connectivity index is 1.45. The zero-order valence-electron chi connectivity index (χ0n) is 19.0.